The van der Waals surface area contributed by atoms with Crippen LogP contribution in [0.15, 0.2) is 55.9 Å². The molecule has 0 aliphatic carbocycles. The largest absolute Gasteiger partial charge is 0.415 e. The topological polar surface area (TPSA) is 113 Å². The van der Waals surface area contributed by atoms with Crippen molar-refractivity contribution in [3.63, 3.8) is 0 Å². The summed E-state index contributed by atoms with van der Waals surface area (Å²) in [7, 11) is 0. The van der Waals surface area contributed by atoms with Crippen LogP contribution in [0.3, 0.4) is 0 Å². The molecule has 8 heteroatoms. The standard InChI is InChI=1S/C20H14N4O4/c1-3-24-19(25)13(11(2)14(10-21)20(24)26)9-15-22-17-18(27-15)23-16(28-17)12-7-5-4-6-8-12/h4-9H,3H2,1-2H3/b13-9-. The molecule has 4 rings (SSSR count). The van der Waals surface area contributed by atoms with E-state index < -0.39 is 11.8 Å². The molecule has 1 aromatic carbocycles. The lowest BCUT2D eigenvalue weighted by molar-refractivity contribution is -0.140. The van der Waals surface area contributed by atoms with E-state index in [0.29, 0.717) is 5.89 Å². The molecule has 0 radical (unpaired) electrons. The Morgan fingerprint density at radius 2 is 1.82 bits per heavy atom. The lowest BCUT2D eigenvalue weighted by Gasteiger charge is -2.25. The molecule has 0 spiro atoms. The SMILES string of the molecule is CCN1C(=O)C(C#N)=C(C)/C(=C/c2nc3oc(-c4ccccc4)nc3o2)C1=O. The van der Waals surface area contributed by atoms with Crippen LogP contribution in [0.4, 0.5) is 0 Å². The molecule has 0 atom stereocenters. The van der Waals surface area contributed by atoms with Gasteiger partial charge >= 0.3 is 0 Å². The Hall–Kier alpha value is -3.99. The first-order chi connectivity index (χ1) is 13.5. The number of rotatable bonds is 3. The first kappa shape index (κ1) is 17.4. The average Bonchev–Trinajstić information content (AvgIpc) is 3.25. The Kier molecular flexibility index (Phi) is 4.12. The van der Waals surface area contributed by atoms with Crippen molar-refractivity contribution in [3.05, 3.63) is 52.9 Å². The van der Waals surface area contributed by atoms with Gasteiger partial charge in [-0.2, -0.15) is 15.2 Å². The second-order valence-corrected chi connectivity index (χ2v) is 6.07. The summed E-state index contributed by atoms with van der Waals surface area (Å²) in [4.78, 5) is 34.3. The molecule has 8 nitrogen and oxygen atoms in total. The van der Waals surface area contributed by atoms with Gasteiger partial charge in [-0.25, -0.2) is 0 Å². The normalized spacial score (nSPS) is 16.3. The summed E-state index contributed by atoms with van der Waals surface area (Å²) >= 11 is 0. The number of nitrogens with zero attached hydrogens (tertiary/aromatic N) is 4. The van der Waals surface area contributed by atoms with Gasteiger partial charge in [-0.05, 0) is 31.6 Å². The van der Waals surface area contributed by atoms with Crippen molar-refractivity contribution in [2.75, 3.05) is 6.54 Å². The van der Waals surface area contributed by atoms with Crippen molar-refractivity contribution in [3.8, 4) is 17.5 Å². The molecule has 138 valence electrons. The van der Waals surface area contributed by atoms with Crippen LogP contribution in [-0.4, -0.2) is 33.2 Å². The highest BCUT2D eigenvalue weighted by molar-refractivity contribution is 6.19. The molecule has 2 aromatic heterocycles. The average molecular weight is 374 g/mol. The molecule has 3 heterocycles. The van der Waals surface area contributed by atoms with E-state index in [2.05, 4.69) is 9.97 Å². The number of aromatic nitrogens is 2. The lowest BCUT2D eigenvalue weighted by Crippen LogP contribution is -2.42. The Labute approximate surface area is 159 Å². The molecule has 0 saturated carbocycles. The highest BCUT2D eigenvalue weighted by Gasteiger charge is 2.34. The highest BCUT2D eigenvalue weighted by Crippen LogP contribution is 2.29. The number of benzene rings is 1. The molecule has 1 aliphatic heterocycles. The minimum Gasteiger partial charge on any atom is -0.415 e. The van der Waals surface area contributed by atoms with Gasteiger partial charge in [-0.3, -0.25) is 14.5 Å². The first-order valence-corrected chi connectivity index (χ1v) is 8.55. The van der Waals surface area contributed by atoms with E-state index in [1.807, 2.05) is 36.4 Å². The second kappa shape index (κ2) is 6.63. The molecule has 28 heavy (non-hydrogen) atoms. The van der Waals surface area contributed by atoms with Crippen LogP contribution in [0, 0.1) is 11.3 Å². The maximum absolute atomic E-state index is 12.6. The van der Waals surface area contributed by atoms with Gasteiger partial charge < -0.3 is 8.83 Å². The van der Waals surface area contributed by atoms with Gasteiger partial charge in [-0.15, -0.1) is 0 Å². The van der Waals surface area contributed by atoms with E-state index in [-0.39, 0.29) is 40.6 Å². The number of carbonyl (C=O) groups is 2. The molecular formula is C20H14N4O4. The number of nitriles is 1. The molecule has 0 saturated heterocycles. The summed E-state index contributed by atoms with van der Waals surface area (Å²) in [5.41, 5.74) is 1.55. The smallest absolute Gasteiger partial charge is 0.288 e. The van der Waals surface area contributed by atoms with Gasteiger partial charge in [0, 0.05) is 23.8 Å². The number of hydrogen-bond donors (Lipinski definition) is 0. The summed E-state index contributed by atoms with van der Waals surface area (Å²) in [5.74, 6) is -0.622. The lowest BCUT2D eigenvalue weighted by atomic mass is 9.95. The van der Waals surface area contributed by atoms with Crippen LogP contribution >= 0.6 is 0 Å². The van der Waals surface area contributed by atoms with Crippen molar-refractivity contribution in [2.24, 2.45) is 0 Å². The third-order valence-corrected chi connectivity index (χ3v) is 4.42. The summed E-state index contributed by atoms with van der Waals surface area (Å²) in [6.45, 7) is 3.37. The number of oxazole rings is 2. The Balaban J connectivity index is 1.76. The van der Waals surface area contributed by atoms with Crippen LogP contribution < -0.4 is 0 Å². The highest BCUT2D eigenvalue weighted by atomic mass is 16.4. The Morgan fingerprint density at radius 1 is 1.11 bits per heavy atom. The van der Waals surface area contributed by atoms with E-state index in [1.54, 1.807) is 13.8 Å². The monoisotopic (exact) mass is 374 g/mol. The summed E-state index contributed by atoms with van der Waals surface area (Å²) in [6, 6.07) is 11.2. The van der Waals surface area contributed by atoms with E-state index in [9.17, 15) is 14.9 Å². The quantitative estimate of drug-likeness (QED) is 0.511. The zero-order chi connectivity index (χ0) is 19.8. The van der Waals surface area contributed by atoms with Crippen molar-refractivity contribution in [1.82, 2.24) is 14.9 Å². The zero-order valence-corrected chi connectivity index (χ0v) is 15.1. The fourth-order valence-corrected chi connectivity index (χ4v) is 2.96. The summed E-state index contributed by atoms with van der Waals surface area (Å²) < 4.78 is 11.2. The third kappa shape index (κ3) is 2.70. The fraction of sp³-hybridized carbons (Fsp3) is 0.150. The number of hydrogen-bond acceptors (Lipinski definition) is 7. The van der Waals surface area contributed by atoms with Crippen LogP contribution in [0.5, 0.6) is 0 Å². The predicted octanol–water partition coefficient (Wildman–Crippen LogP) is 3.09. The van der Waals surface area contributed by atoms with Crippen LogP contribution in [0.2, 0.25) is 0 Å². The minimum absolute atomic E-state index is 0.0765. The van der Waals surface area contributed by atoms with Crippen LogP contribution in [0.1, 0.15) is 19.7 Å². The molecule has 0 unspecified atom stereocenters. The van der Waals surface area contributed by atoms with Crippen molar-refractivity contribution in [2.45, 2.75) is 13.8 Å². The van der Waals surface area contributed by atoms with Gasteiger partial charge in [0.25, 0.3) is 23.2 Å². The number of fused-ring (bicyclic) bond motifs is 1. The summed E-state index contributed by atoms with van der Waals surface area (Å²) in [6.07, 6.45) is 1.39. The number of amides is 2. The first-order valence-electron chi connectivity index (χ1n) is 8.55. The van der Waals surface area contributed by atoms with E-state index >= 15 is 0 Å². The van der Waals surface area contributed by atoms with Gasteiger partial charge in [0.1, 0.15) is 11.6 Å². The zero-order valence-electron chi connectivity index (χ0n) is 15.1. The second-order valence-electron chi connectivity index (χ2n) is 6.07. The van der Waals surface area contributed by atoms with Crippen LogP contribution in [-0.2, 0) is 9.59 Å². The van der Waals surface area contributed by atoms with Gasteiger partial charge in [0.05, 0.1) is 0 Å². The van der Waals surface area contributed by atoms with Crippen molar-refractivity contribution < 1.29 is 18.4 Å². The van der Waals surface area contributed by atoms with Gasteiger partial charge in [-0.1, -0.05) is 18.2 Å². The number of imide groups is 1. The van der Waals surface area contributed by atoms with E-state index in [0.717, 1.165) is 10.5 Å². The summed E-state index contributed by atoms with van der Waals surface area (Å²) in [5, 5.41) is 9.28. The minimum atomic E-state index is -0.597. The maximum Gasteiger partial charge on any atom is 0.288 e. The maximum atomic E-state index is 12.6. The molecule has 0 fully saturated rings. The molecule has 0 bridgehead atoms. The Bertz CT molecular complexity index is 1180. The van der Waals surface area contributed by atoms with Crippen LogP contribution in [0.25, 0.3) is 29.0 Å². The van der Waals surface area contributed by atoms with Gasteiger partial charge in [0.15, 0.2) is 0 Å². The molecule has 0 N–H and O–H groups in total. The molecular weight excluding hydrogens is 360 g/mol. The predicted molar refractivity (Wildman–Crippen MR) is 98.2 cm³/mol. The third-order valence-electron chi connectivity index (χ3n) is 4.42. The Morgan fingerprint density at radius 3 is 2.46 bits per heavy atom. The number of carbonyl (C=O) groups excluding carboxylic acids is 2. The molecule has 3 aromatic rings. The van der Waals surface area contributed by atoms with Crippen molar-refractivity contribution in [1.29, 1.82) is 5.26 Å². The van der Waals surface area contributed by atoms with E-state index in [1.165, 1.54) is 6.08 Å². The fourth-order valence-electron chi connectivity index (χ4n) is 2.96. The van der Waals surface area contributed by atoms with E-state index in [4.69, 9.17) is 8.83 Å². The molecule has 1 aliphatic rings. The van der Waals surface area contributed by atoms with Gasteiger partial charge in [0.2, 0.25) is 11.8 Å². The molecule has 2 amide bonds. The number of likely N-dealkylation sites (N-methyl/N-ethyl adjacent to an activating group) is 1. The van der Waals surface area contributed by atoms with Crippen molar-refractivity contribution >= 4 is 29.3 Å².